The zero-order chi connectivity index (χ0) is 20.9. The van der Waals surface area contributed by atoms with E-state index in [1.165, 1.54) is 24.8 Å². The van der Waals surface area contributed by atoms with Gasteiger partial charge in [-0.1, -0.05) is 48.9 Å². The van der Waals surface area contributed by atoms with E-state index < -0.39 is 10.1 Å². The van der Waals surface area contributed by atoms with E-state index in [2.05, 4.69) is 11.9 Å². The maximum atomic E-state index is 12.5. The summed E-state index contributed by atoms with van der Waals surface area (Å²) in [4.78, 5) is 4.45. The van der Waals surface area contributed by atoms with Crippen molar-refractivity contribution in [1.29, 1.82) is 0 Å². The summed E-state index contributed by atoms with van der Waals surface area (Å²) < 4.78 is 35.6. The first-order valence-electron chi connectivity index (χ1n) is 8.93. The van der Waals surface area contributed by atoms with Gasteiger partial charge in [-0.2, -0.15) is 8.42 Å². The van der Waals surface area contributed by atoms with Crippen LogP contribution < -0.4 is 8.92 Å². The Labute approximate surface area is 175 Å². The van der Waals surface area contributed by atoms with Crippen LogP contribution in [0.5, 0.6) is 11.5 Å². The molecule has 0 aliphatic heterocycles. The molecule has 5 nitrogen and oxygen atoms in total. The zero-order valence-corrected chi connectivity index (χ0v) is 17.6. The summed E-state index contributed by atoms with van der Waals surface area (Å²) in [6.07, 6.45) is 2.59. The van der Waals surface area contributed by atoms with Gasteiger partial charge in [0.1, 0.15) is 4.90 Å². The Bertz CT molecular complexity index is 1110. The molecule has 0 amide bonds. The number of halogens is 1. The molecule has 0 heterocycles. The van der Waals surface area contributed by atoms with Crippen LogP contribution in [-0.2, 0) is 16.5 Å². The summed E-state index contributed by atoms with van der Waals surface area (Å²) >= 11 is 6.30. The van der Waals surface area contributed by atoms with Crippen molar-refractivity contribution in [3.63, 3.8) is 0 Å². The molecule has 0 N–H and O–H groups in total. The van der Waals surface area contributed by atoms with Crippen molar-refractivity contribution in [2.45, 2.75) is 18.2 Å². The van der Waals surface area contributed by atoms with E-state index in [0.717, 1.165) is 12.1 Å². The normalized spacial score (nSPS) is 11.6. The number of nitrogens with zero attached hydrogens (tertiary/aromatic N) is 1. The molecule has 3 aromatic carbocycles. The lowest BCUT2D eigenvalue weighted by Gasteiger charge is -2.13. The van der Waals surface area contributed by atoms with Gasteiger partial charge in [0.15, 0.2) is 5.75 Å². The van der Waals surface area contributed by atoms with Crippen molar-refractivity contribution in [3.8, 4) is 11.5 Å². The summed E-state index contributed by atoms with van der Waals surface area (Å²) in [6.45, 7) is 2.09. The molecule has 0 spiro atoms. The fourth-order valence-corrected chi connectivity index (χ4v) is 3.89. The molecule has 0 radical (unpaired) electrons. The molecule has 150 valence electrons. The molecule has 0 aromatic heterocycles. The number of ether oxygens (including phenoxy) is 1. The molecule has 7 heteroatoms. The molecular weight excluding hydrogens is 410 g/mol. The van der Waals surface area contributed by atoms with Gasteiger partial charge in [-0.3, -0.25) is 4.99 Å². The summed E-state index contributed by atoms with van der Waals surface area (Å²) in [5.41, 5.74) is 2.68. The van der Waals surface area contributed by atoms with Gasteiger partial charge in [0.2, 0.25) is 5.75 Å². The lowest BCUT2D eigenvalue weighted by atomic mass is 10.1. The number of benzene rings is 3. The van der Waals surface area contributed by atoms with Crippen molar-refractivity contribution in [2.24, 2.45) is 4.99 Å². The van der Waals surface area contributed by atoms with Crippen LogP contribution in [-0.4, -0.2) is 21.7 Å². The average Bonchev–Trinajstić information content (AvgIpc) is 2.74. The minimum Gasteiger partial charge on any atom is -0.493 e. The standard InChI is InChI=1S/C22H20ClNO4S/c1-3-16-9-11-18(12-10-16)24-15-17-13-20(23)22(21(14-17)27-2)28-29(25,26)19-7-5-4-6-8-19/h4-15H,3H2,1-2H3. The average molecular weight is 430 g/mol. The second kappa shape index (κ2) is 9.11. The molecule has 0 bridgehead atoms. The van der Waals surface area contributed by atoms with Crippen molar-refractivity contribution in [1.82, 2.24) is 0 Å². The van der Waals surface area contributed by atoms with Crippen LogP contribution in [0.4, 0.5) is 5.69 Å². The maximum absolute atomic E-state index is 12.5. The Morgan fingerprint density at radius 2 is 1.72 bits per heavy atom. The molecule has 0 saturated carbocycles. The molecule has 0 aliphatic carbocycles. The summed E-state index contributed by atoms with van der Waals surface area (Å²) in [7, 11) is -2.63. The topological polar surface area (TPSA) is 65.0 Å². The van der Waals surface area contributed by atoms with Crippen LogP contribution in [0, 0.1) is 0 Å². The van der Waals surface area contributed by atoms with Gasteiger partial charge in [-0.25, -0.2) is 0 Å². The van der Waals surface area contributed by atoms with Crippen LogP contribution in [0.2, 0.25) is 5.02 Å². The van der Waals surface area contributed by atoms with Crippen molar-refractivity contribution in [2.75, 3.05) is 7.11 Å². The van der Waals surface area contributed by atoms with E-state index in [9.17, 15) is 8.42 Å². The van der Waals surface area contributed by atoms with Gasteiger partial charge in [0, 0.05) is 6.21 Å². The third-order valence-corrected chi connectivity index (χ3v) is 5.70. The molecule has 0 saturated heterocycles. The number of aliphatic imine (C=N–C) groups is 1. The lowest BCUT2D eigenvalue weighted by Crippen LogP contribution is -2.10. The van der Waals surface area contributed by atoms with Crippen LogP contribution >= 0.6 is 11.6 Å². The molecule has 29 heavy (non-hydrogen) atoms. The second-order valence-electron chi connectivity index (χ2n) is 6.16. The summed E-state index contributed by atoms with van der Waals surface area (Å²) in [6, 6.07) is 18.9. The van der Waals surface area contributed by atoms with Gasteiger partial charge in [-0.05, 0) is 53.9 Å². The zero-order valence-electron chi connectivity index (χ0n) is 16.0. The highest BCUT2D eigenvalue weighted by Gasteiger charge is 2.21. The van der Waals surface area contributed by atoms with E-state index >= 15 is 0 Å². The van der Waals surface area contributed by atoms with Crippen LogP contribution in [0.3, 0.4) is 0 Å². The highest BCUT2D eigenvalue weighted by molar-refractivity contribution is 7.87. The molecule has 0 fully saturated rings. The number of hydrogen-bond acceptors (Lipinski definition) is 5. The molecule has 0 unspecified atom stereocenters. The quantitative estimate of drug-likeness (QED) is 0.371. The van der Waals surface area contributed by atoms with Crippen LogP contribution in [0.25, 0.3) is 0 Å². The molecule has 0 aliphatic rings. The smallest absolute Gasteiger partial charge is 0.339 e. The molecular formula is C22H20ClNO4S. The Hall–Kier alpha value is -2.83. The Balaban J connectivity index is 1.88. The molecule has 0 atom stereocenters. The monoisotopic (exact) mass is 429 g/mol. The van der Waals surface area contributed by atoms with Crippen molar-refractivity contribution < 1.29 is 17.3 Å². The number of aryl methyl sites for hydroxylation is 1. The van der Waals surface area contributed by atoms with E-state index in [-0.39, 0.29) is 21.4 Å². The summed E-state index contributed by atoms with van der Waals surface area (Å²) in [5, 5.41) is 0.103. The van der Waals surface area contributed by atoms with E-state index in [0.29, 0.717) is 5.56 Å². The Morgan fingerprint density at radius 3 is 2.34 bits per heavy atom. The van der Waals surface area contributed by atoms with E-state index in [4.69, 9.17) is 20.5 Å². The van der Waals surface area contributed by atoms with Gasteiger partial charge < -0.3 is 8.92 Å². The number of rotatable bonds is 7. The largest absolute Gasteiger partial charge is 0.493 e. The van der Waals surface area contributed by atoms with Gasteiger partial charge in [-0.15, -0.1) is 0 Å². The third kappa shape index (κ3) is 5.16. The fraction of sp³-hybridized carbons (Fsp3) is 0.136. The minimum absolute atomic E-state index is 0.0271. The predicted molar refractivity (Wildman–Crippen MR) is 115 cm³/mol. The highest BCUT2D eigenvalue weighted by atomic mass is 35.5. The molecule has 3 rings (SSSR count). The van der Waals surface area contributed by atoms with Crippen molar-refractivity contribution >= 4 is 33.6 Å². The van der Waals surface area contributed by atoms with E-state index in [1.807, 2.05) is 24.3 Å². The van der Waals surface area contributed by atoms with Crippen molar-refractivity contribution in [3.05, 3.63) is 82.9 Å². The van der Waals surface area contributed by atoms with Gasteiger partial charge in [0.25, 0.3) is 0 Å². The van der Waals surface area contributed by atoms with Gasteiger partial charge >= 0.3 is 10.1 Å². The number of hydrogen-bond donors (Lipinski definition) is 0. The van der Waals surface area contributed by atoms with Crippen LogP contribution in [0.15, 0.2) is 76.6 Å². The first kappa shape index (κ1) is 20.9. The first-order chi connectivity index (χ1) is 13.9. The Kier molecular flexibility index (Phi) is 6.56. The second-order valence-corrected chi connectivity index (χ2v) is 8.12. The first-order valence-corrected chi connectivity index (χ1v) is 10.7. The molecule has 3 aromatic rings. The maximum Gasteiger partial charge on any atom is 0.339 e. The highest BCUT2D eigenvalue weighted by Crippen LogP contribution is 2.38. The van der Waals surface area contributed by atoms with Gasteiger partial charge in [0.05, 0.1) is 17.8 Å². The fourth-order valence-electron chi connectivity index (χ4n) is 2.61. The predicted octanol–water partition coefficient (Wildman–Crippen LogP) is 5.43. The SMILES string of the molecule is CCc1ccc(N=Cc2cc(Cl)c(OS(=O)(=O)c3ccccc3)c(OC)c2)cc1. The van der Waals surface area contributed by atoms with Crippen LogP contribution in [0.1, 0.15) is 18.1 Å². The summed E-state index contributed by atoms with van der Waals surface area (Å²) in [5.74, 6) is 0.127. The number of methoxy groups -OCH3 is 1. The lowest BCUT2D eigenvalue weighted by molar-refractivity contribution is 0.390. The Morgan fingerprint density at radius 1 is 1.03 bits per heavy atom. The van der Waals surface area contributed by atoms with E-state index in [1.54, 1.807) is 36.5 Å². The minimum atomic E-state index is -4.04. The third-order valence-electron chi connectivity index (χ3n) is 4.18.